The zero-order valence-corrected chi connectivity index (χ0v) is 15.1. The fourth-order valence-corrected chi connectivity index (χ4v) is 4.65. The van der Waals surface area contributed by atoms with Crippen molar-refractivity contribution in [3.63, 3.8) is 0 Å². The molecule has 1 heterocycles. The maximum absolute atomic E-state index is 3.78. The number of anilines is 1. The number of hydrogen-bond donors (Lipinski definition) is 1. The van der Waals surface area contributed by atoms with Gasteiger partial charge in [0, 0.05) is 19.6 Å². The summed E-state index contributed by atoms with van der Waals surface area (Å²) >= 11 is 6.12. The largest absolute Gasteiger partial charge is 0.378 e. The van der Waals surface area contributed by atoms with Crippen LogP contribution in [0.1, 0.15) is 29.5 Å². The number of halogens is 2. The zero-order chi connectivity index (χ0) is 14.4. The highest BCUT2D eigenvalue weighted by Gasteiger charge is 2.38. The monoisotopic (exact) mass is 451 g/mol. The highest BCUT2D eigenvalue weighted by atomic mass is 127. The van der Waals surface area contributed by atoms with E-state index in [1.54, 1.807) is 0 Å². The van der Waals surface area contributed by atoms with Crippen molar-refractivity contribution in [2.75, 3.05) is 5.32 Å². The molecule has 0 radical (unpaired) electrons. The fourth-order valence-electron chi connectivity index (χ4n) is 3.60. The Labute approximate surface area is 147 Å². The van der Waals surface area contributed by atoms with Crippen LogP contribution >= 0.6 is 38.5 Å². The topological polar surface area (TPSA) is 12.0 Å². The Morgan fingerprint density at radius 2 is 1.95 bits per heavy atom. The Balaban J connectivity index is 1.82. The van der Waals surface area contributed by atoms with Crippen molar-refractivity contribution >= 4 is 44.2 Å². The normalized spacial score (nSPS) is 26.1. The van der Waals surface area contributed by atoms with Crippen LogP contribution in [-0.2, 0) is 0 Å². The van der Waals surface area contributed by atoms with Crippen molar-refractivity contribution in [1.29, 1.82) is 0 Å². The molecule has 0 saturated carbocycles. The maximum Gasteiger partial charge on any atom is 0.0565 e. The summed E-state index contributed by atoms with van der Waals surface area (Å²) in [5, 5.41) is 3.78. The molecule has 2 aromatic carbocycles. The number of nitrogens with one attached hydrogen (secondary N) is 1. The first-order valence-electron chi connectivity index (χ1n) is 7.21. The molecule has 1 aliphatic carbocycles. The third-order valence-corrected chi connectivity index (χ3v) is 5.96. The van der Waals surface area contributed by atoms with Gasteiger partial charge in [0.2, 0.25) is 0 Å². The Hall–Kier alpha value is -0.810. The van der Waals surface area contributed by atoms with Crippen LogP contribution in [-0.4, -0.2) is 0 Å². The first kappa shape index (κ1) is 13.8. The summed E-state index contributed by atoms with van der Waals surface area (Å²) < 4.78 is 2.51. The third-order valence-electron chi connectivity index (χ3n) is 4.57. The molecule has 4 rings (SSSR count). The van der Waals surface area contributed by atoms with Gasteiger partial charge in [0.15, 0.2) is 0 Å². The van der Waals surface area contributed by atoms with Gasteiger partial charge < -0.3 is 5.32 Å². The lowest BCUT2D eigenvalue weighted by molar-refractivity contribution is 0.424. The van der Waals surface area contributed by atoms with Crippen LogP contribution in [0.25, 0.3) is 0 Å². The van der Waals surface area contributed by atoms with E-state index in [-0.39, 0.29) is 0 Å². The van der Waals surface area contributed by atoms with Crippen molar-refractivity contribution in [3.05, 3.63) is 73.8 Å². The smallest absolute Gasteiger partial charge is 0.0565 e. The van der Waals surface area contributed by atoms with E-state index in [4.69, 9.17) is 0 Å². The summed E-state index contributed by atoms with van der Waals surface area (Å²) in [6, 6.07) is 15.7. The summed E-state index contributed by atoms with van der Waals surface area (Å²) in [7, 11) is 0. The van der Waals surface area contributed by atoms with Crippen LogP contribution in [0.5, 0.6) is 0 Å². The minimum atomic E-state index is 0.369. The molecule has 0 amide bonds. The summed E-state index contributed by atoms with van der Waals surface area (Å²) in [5.41, 5.74) is 4.09. The van der Waals surface area contributed by atoms with E-state index in [0.29, 0.717) is 17.9 Å². The van der Waals surface area contributed by atoms with Crippen LogP contribution in [0.2, 0.25) is 0 Å². The molecule has 0 aromatic heterocycles. The highest BCUT2D eigenvalue weighted by molar-refractivity contribution is 14.1. The van der Waals surface area contributed by atoms with E-state index >= 15 is 0 Å². The average molecular weight is 452 g/mol. The molecule has 1 N–H and O–H groups in total. The fraction of sp³-hybridized carbons (Fsp3) is 0.222. The van der Waals surface area contributed by atoms with Gasteiger partial charge in [-0.15, -0.1) is 0 Å². The Morgan fingerprint density at radius 3 is 2.81 bits per heavy atom. The summed E-state index contributed by atoms with van der Waals surface area (Å²) in [4.78, 5) is 0. The molecule has 0 unspecified atom stereocenters. The number of benzene rings is 2. The Morgan fingerprint density at radius 1 is 1.10 bits per heavy atom. The highest BCUT2D eigenvalue weighted by Crippen LogP contribution is 2.50. The molecule has 2 aliphatic rings. The van der Waals surface area contributed by atoms with E-state index in [9.17, 15) is 0 Å². The van der Waals surface area contributed by atoms with Gasteiger partial charge in [0.05, 0.1) is 6.04 Å². The lowest BCUT2D eigenvalue weighted by atomic mass is 9.77. The van der Waals surface area contributed by atoms with Crippen molar-refractivity contribution in [2.45, 2.75) is 18.4 Å². The number of hydrogen-bond acceptors (Lipinski definition) is 1. The number of fused-ring (bicyclic) bond motifs is 3. The molecule has 106 valence electrons. The van der Waals surface area contributed by atoms with E-state index in [1.165, 1.54) is 24.9 Å². The Kier molecular flexibility index (Phi) is 3.58. The lowest BCUT2D eigenvalue weighted by Crippen LogP contribution is -2.29. The lowest BCUT2D eigenvalue weighted by Gasteiger charge is -2.38. The first-order chi connectivity index (χ1) is 10.2. The molecular formula is C18H15BrIN. The summed E-state index contributed by atoms with van der Waals surface area (Å²) in [5.74, 6) is 1.14. The molecule has 21 heavy (non-hydrogen) atoms. The average Bonchev–Trinajstić information content (AvgIpc) is 2.97. The van der Waals surface area contributed by atoms with Crippen molar-refractivity contribution in [3.8, 4) is 0 Å². The zero-order valence-electron chi connectivity index (χ0n) is 11.4. The van der Waals surface area contributed by atoms with Gasteiger partial charge in [-0.3, -0.25) is 0 Å². The van der Waals surface area contributed by atoms with E-state index in [2.05, 4.69) is 98.5 Å². The molecule has 1 aliphatic heterocycles. The molecule has 0 spiro atoms. The maximum atomic E-state index is 3.78. The standard InChI is InChI=1S/C18H15BrIN/c19-16-7-2-1-4-14(16)18-13-6-3-5-12(13)15-10-11(20)8-9-17(15)21-18/h1-5,7-10,12-13,18,21H,6H2/t12-,13-,18+/m0/s1. The molecule has 3 atom stereocenters. The van der Waals surface area contributed by atoms with Gasteiger partial charge in [0.1, 0.15) is 0 Å². The number of allylic oxidation sites excluding steroid dienone is 2. The second kappa shape index (κ2) is 5.43. The third kappa shape index (κ3) is 2.34. The SMILES string of the molecule is Brc1ccccc1[C@@H]1Nc2ccc(I)cc2[C@H]2C=CC[C@@H]21. The predicted molar refractivity (Wildman–Crippen MR) is 99.7 cm³/mol. The molecule has 0 bridgehead atoms. The quantitative estimate of drug-likeness (QED) is 0.421. The minimum absolute atomic E-state index is 0.369. The molecule has 0 saturated heterocycles. The van der Waals surface area contributed by atoms with Gasteiger partial charge in [-0.25, -0.2) is 0 Å². The van der Waals surface area contributed by atoms with Crippen LogP contribution in [0.4, 0.5) is 5.69 Å². The minimum Gasteiger partial charge on any atom is -0.378 e. The summed E-state index contributed by atoms with van der Waals surface area (Å²) in [6.07, 6.45) is 5.88. The van der Waals surface area contributed by atoms with E-state index in [0.717, 1.165) is 6.42 Å². The van der Waals surface area contributed by atoms with Crippen molar-refractivity contribution < 1.29 is 0 Å². The van der Waals surface area contributed by atoms with Crippen molar-refractivity contribution in [2.24, 2.45) is 5.92 Å². The van der Waals surface area contributed by atoms with Gasteiger partial charge in [-0.1, -0.05) is 46.3 Å². The second-order valence-electron chi connectivity index (χ2n) is 5.73. The molecule has 0 fully saturated rings. The summed E-state index contributed by atoms with van der Waals surface area (Å²) in [6.45, 7) is 0. The van der Waals surface area contributed by atoms with Crippen LogP contribution in [0, 0.1) is 9.49 Å². The molecule has 1 nitrogen and oxygen atoms in total. The van der Waals surface area contributed by atoms with Gasteiger partial charge in [-0.05, 0) is 70.3 Å². The molecule has 3 heteroatoms. The van der Waals surface area contributed by atoms with Gasteiger partial charge in [-0.2, -0.15) is 0 Å². The first-order valence-corrected chi connectivity index (χ1v) is 9.08. The van der Waals surface area contributed by atoms with E-state index in [1.807, 2.05) is 0 Å². The van der Waals surface area contributed by atoms with Crippen LogP contribution in [0.15, 0.2) is 59.1 Å². The second-order valence-corrected chi connectivity index (χ2v) is 7.83. The van der Waals surface area contributed by atoms with Gasteiger partial charge >= 0.3 is 0 Å². The van der Waals surface area contributed by atoms with Crippen molar-refractivity contribution in [1.82, 2.24) is 0 Å². The molecular weight excluding hydrogens is 437 g/mol. The van der Waals surface area contributed by atoms with Crippen LogP contribution < -0.4 is 5.32 Å². The Bertz CT molecular complexity index is 725. The number of rotatable bonds is 1. The van der Waals surface area contributed by atoms with E-state index < -0.39 is 0 Å². The molecule has 2 aromatic rings. The predicted octanol–water partition coefficient (Wildman–Crippen LogP) is 5.88. The van der Waals surface area contributed by atoms with Gasteiger partial charge in [0.25, 0.3) is 0 Å². The van der Waals surface area contributed by atoms with Crippen LogP contribution in [0.3, 0.4) is 0 Å².